The van der Waals surface area contributed by atoms with Gasteiger partial charge in [-0.05, 0) is 45.4 Å². The molecular formula is C17H25F3N2O3. The predicted octanol–water partition coefficient (Wildman–Crippen LogP) is 4.36. The molecule has 0 heterocycles. The van der Waals surface area contributed by atoms with Gasteiger partial charge in [-0.2, -0.15) is 13.2 Å². The van der Waals surface area contributed by atoms with E-state index < -0.39 is 24.5 Å². The Hall–Kier alpha value is -2.12. The first-order valence-corrected chi connectivity index (χ1v) is 7.97. The minimum atomic E-state index is -4.45. The third-order valence-corrected chi connectivity index (χ3v) is 2.98. The van der Waals surface area contributed by atoms with Crippen LogP contribution < -0.4 is 10.5 Å². The molecule has 5 nitrogen and oxygen atoms in total. The lowest BCUT2D eigenvalue weighted by Crippen LogP contribution is -2.37. The maximum atomic E-state index is 12.4. The van der Waals surface area contributed by atoms with Crippen molar-refractivity contribution in [3.05, 3.63) is 23.8 Å². The SMILES string of the molecule is CCCN(Cc1cc(N)ccc1OCC(F)(F)F)C(=O)OC(C)(C)C. The fourth-order valence-corrected chi connectivity index (χ4v) is 2.06. The number of nitrogens with zero attached hydrogens (tertiary/aromatic N) is 1. The van der Waals surface area contributed by atoms with Gasteiger partial charge in [0, 0.05) is 17.8 Å². The molecule has 2 N–H and O–H groups in total. The number of alkyl halides is 3. The van der Waals surface area contributed by atoms with E-state index in [1.54, 1.807) is 20.8 Å². The lowest BCUT2D eigenvalue weighted by atomic mass is 10.1. The van der Waals surface area contributed by atoms with E-state index in [-0.39, 0.29) is 12.3 Å². The molecule has 0 spiro atoms. The third-order valence-electron chi connectivity index (χ3n) is 2.98. The summed E-state index contributed by atoms with van der Waals surface area (Å²) in [7, 11) is 0. The maximum absolute atomic E-state index is 12.4. The fraction of sp³-hybridized carbons (Fsp3) is 0.588. The zero-order valence-electron chi connectivity index (χ0n) is 14.9. The number of halogens is 3. The van der Waals surface area contributed by atoms with Crippen LogP contribution in [0.3, 0.4) is 0 Å². The van der Waals surface area contributed by atoms with E-state index in [1.807, 2.05) is 6.92 Å². The standard InChI is InChI=1S/C17H25F3N2O3/c1-5-8-22(15(23)25-16(2,3)4)10-12-9-13(21)6-7-14(12)24-11-17(18,19)20/h6-7,9H,5,8,10-11,21H2,1-4H3. The van der Waals surface area contributed by atoms with Gasteiger partial charge in [-0.1, -0.05) is 6.92 Å². The summed E-state index contributed by atoms with van der Waals surface area (Å²) >= 11 is 0. The normalized spacial score (nSPS) is 12.0. The zero-order valence-corrected chi connectivity index (χ0v) is 14.9. The first-order chi connectivity index (χ1) is 11.4. The Labute approximate surface area is 145 Å². The Morgan fingerprint density at radius 2 is 1.88 bits per heavy atom. The van der Waals surface area contributed by atoms with Crippen LogP contribution >= 0.6 is 0 Å². The Morgan fingerprint density at radius 1 is 1.24 bits per heavy atom. The molecule has 1 rings (SSSR count). The number of hydrogen-bond donors (Lipinski definition) is 1. The Balaban J connectivity index is 2.99. The van der Waals surface area contributed by atoms with Gasteiger partial charge in [-0.3, -0.25) is 0 Å². The van der Waals surface area contributed by atoms with Crippen LogP contribution in [-0.2, 0) is 11.3 Å². The molecular weight excluding hydrogens is 337 g/mol. The van der Waals surface area contributed by atoms with Gasteiger partial charge in [-0.15, -0.1) is 0 Å². The molecule has 0 bridgehead atoms. The smallest absolute Gasteiger partial charge is 0.422 e. The van der Waals surface area contributed by atoms with E-state index in [9.17, 15) is 18.0 Å². The molecule has 1 aromatic carbocycles. The molecule has 0 unspecified atom stereocenters. The second-order valence-electron chi connectivity index (χ2n) is 6.67. The summed E-state index contributed by atoms with van der Waals surface area (Å²) in [6.07, 6.45) is -4.33. The number of benzene rings is 1. The van der Waals surface area contributed by atoms with Gasteiger partial charge in [-0.25, -0.2) is 4.79 Å². The van der Waals surface area contributed by atoms with Gasteiger partial charge in [0.15, 0.2) is 6.61 Å². The van der Waals surface area contributed by atoms with Gasteiger partial charge in [0.2, 0.25) is 0 Å². The van der Waals surface area contributed by atoms with Gasteiger partial charge < -0.3 is 20.1 Å². The summed E-state index contributed by atoms with van der Waals surface area (Å²) in [5.41, 5.74) is 5.81. The van der Waals surface area contributed by atoms with Crippen LogP contribution in [0.25, 0.3) is 0 Å². The number of amides is 1. The first kappa shape index (κ1) is 20.9. The fourth-order valence-electron chi connectivity index (χ4n) is 2.06. The minimum absolute atomic E-state index is 0.0381. The molecule has 0 aliphatic carbocycles. The van der Waals surface area contributed by atoms with Crippen molar-refractivity contribution in [1.29, 1.82) is 0 Å². The number of nitrogens with two attached hydrogens (primary N) is 1. The van der Waals surface area contributed by atoms with Crippen molar-refractivity contribution >= 4 is 11.8 Å². The summed E-state index contributed by atoms with van der Waals surface area (Å²) in [6.45, 7) is 6.14. The first-order valence-electron chi connectivity index (χ1n) is 7.97. The highest BCUT2D eigenvalue weighted by Gasteiger charge is 2.29. The highest BCUT2D eigenvalue weighted by molar-refractivity contribution is 5.68. The summed E-state index contributed by atoms with van der Waals surface area (Å²) in [4.78, 5) is 13.7. The molecule has 0 atom stereocenters. The number of hydrogen-bond acceptors (Lipinski definition) is 4. The number of ether oxygens (including phenoxy) is 2. The van der Waals surface area contributed by atoms with Crippen LogP contribution in [0.2, 0.25) is 0 Å². The summed E-state index contributed by atoms with van der Waals surface area (Å²) in [6, 6.07) is 4.32. The van der Waals surface area contributed by atoms with Crippen molar-refractivity contribution in [3.8, 4) is 5.75 Å². The van der Waals surface area contributed by atoms with Crippen LogP contribution in [0.5, 0.6) is 5.75 Å². The molecule has 0 aliphatic heterocycles. The molecule has 0 aromatic heterocycles. The summed E-state index contributed by atoms with van der Waals surface area (Å²) in [5.74, 6) is 0.0381. The second-order valence-corrected chi connectivity index (χ2v) is 6.67. The van der Waals surface area contributed by atoms with Crippen LogP contribution in [0.1, 0.15) is 39.7 Å². The molecule has 0 saturated heterocycles. The number of carbonyl (C=O) groups excluding carboxylic acids is 1. The number of rotatable bonds is 6. The monoisotopic (exact) mass is 362 g/mol. The van der Waals surface area contributed by atoms with Crippen LogP contribution in [0.15, 0.2) is 18.2 Å². The van der Waals surface area contributed by atoms with Crippen molar-refractivity contribution in [3.63, 3.8) is 0 Å². The van der Waals surface area contributed by atoms with Crippen molar-refractivity contribution in [2.45, 2.75) is 52.4 Å². The Morgan fingerprint density at radius 3 is 2.40 bits per heavy atom. The average Bonchev–Trinajstić information content (AvgIpc) is 2.43. The Bertz CT molecular complexity index is 583. The highest BCUT2D eigenvalue weighted by atomic mass is 19.4. The number of nitrogen functional groups attached to an aromatic ring is 1. The third kappa shape index (κ3) is 8.00. The number of carbonyl (C=O) groups is 1. The average molecular weight is 362 g/mol. The van der Waals surface area contributed by atoms with Crippen LogP contribution in [0.4, 0.5) is 23.7 Å². The van der Waals surface area contributed by atoms with Gasteiger partial charge >= 0.3 is 12.3 Å². The van der Waals surface area contributed by atoms with Crippen LogP contribution in [0, 0.1) is 0 Å². The van der Waals surface area contributed by atoms with E-state index in [2.05, 4.69) is 0 Å². The van der Waals surface area contributed by atoms with E-state index in [1.165, 1.54) is 23.1 Å². The lowest BCUT2D eigenvalue weighted by Gasteiger charge is -2.28. The second kappa shape index (κ2) is 8.31. The topological polar surface area (TPSA) is 64.8 Å². The number of anilines is 1. The van der Waals surface area contributed by atoms with E-state index in [0.717, 1.165) is 0 Å². The van der Waals surface area contributed by atoms with Gasteiger partial charge in [0.25, 0.3) is 0 Å². The molecule has 25 heavy (non-hydrogen) atoms. The predicted molar refractivity (Wildman–Crippen MR) is 89.3 cm³/mol. The van der Waals surface area contributed by atoms with E-state index in [4.69, 9.17) is 15.2 Å². The molecule has 1 aromatic rings. The molecule has 8 heteroatoms. The summed E-state index contributed by atoms with van der Waals surface area (Å²) < 4.78 is 47.4. The molecule has 1 amide bonds. The molecule has 0 saturated carbocycles. The zero-order chi connectivity index (χ0) is 19.3. The summed E-state index contributed by atoms with van der Waals surface area (Å²) in [5, 5.41) is 0. The highest BCUT2D eigenvalue weighted by Crippen LogP contribution is 2.26. The van der Waals surface area contributed by atoms with Crippen molar-refractivity contribution < 1.29 is 27.4 Å². The van der Waals surface area contributed by atoms with E-state index in [0.29, 0.717) is 24.2 Å². The largest absolute Gasteiger partial charge is 0.484 e. The Kier molecular flexibility index (Phi) is 6.96. The molecule has 142 valence electrons. The molecule has 0 aliphatic rings. The van der Waals surface area contributed by atoms with Crippen LogP contribution in [-0.4, -0.2) is 35.9 Å². The molecule has 0 fully saturated rings. The van der Waals surface area contributed by atoms with Crippen molar-refractivity contribution in [2.24, 2.45) is 0 Å². The molecule has 0 radical (unpaired) electrons. The van der Waals surface area contributed by atoms with Crippen molar-refractivity contribution in [2.75, 3.05) is 18.9 Å². The van der Waals surface area contributed by atoms with Gasteiger partial charge in [0.05, 0.1) is 6.54 Å². The van der Waals surface area contributed by atoms with Crippen molar-refractivity contribution in [1.82, 2.24) is 4.90 Å². The minimum Gasteiger partial charge on any atom is -0.484 e. The maximum Gasteiger partial charge on any atom is 0.422 e. The quantitative estimate of drug-likeness (QED) is 0.764. The van der Waals surface area contributed by atoms with Gasteiger partial charge in [0.1, 0.15) is 11.4 Å². The lowest BCUT2D eigenvalue weighted by molar-refractivity contribution is -0.153. The van der Waals surface area contributed by atoms with E-state index >= 15 is 0 Å².